The predicted octanol–water partition coefficient (Wildman–Crippen LogP) is -0.621. The fraction of sp³-hybridized carbons (Fsp3) is 0.824. The van der Waals surface area contributed by atoms with Crippen LogP contribution in [0.2, 0.25) is 0 Å². The van der Waals surface area contributed by atoms with Crippen LogP contribution in [0.25, 0.3) is 0 Å². The molecule has 0 rings (SSSR count). The minimum absolute atomic E-state index is 0.292. The van der Waals surface area contributed by atoms with Gasteiger partial charge in [-0.25, -0.2) is 4.79 Å². The number of rotatable bonds is 16. The van der Waals surface area contributed by atoms with E-state index < -0.39 is 35.9 Å². The number of hydrogen-bond acceptors (Lipinski definition) is 7. The molecule has 0 bridgehead atoms. The molecule has 9 nitrogen and oxygen atoms in total. The van der Waals surface area contributed by atoms with Gasteiger partial charge < -0.3 is 32.9 Å². The molecule has 3 atom stereocenters. The van der Waals surface area contributed by atoms with Gasteiger partial charge in [-0.1, -0.05) is 6.42 Å². The van der Waals surface area contributed by atoms with E-state index in [-0.39, 0.29) is 0 Å². The van der Waals surface area contributed by atoms with Gasteiger partial charge in [0, 0.05) is 0 Å². The molecule has 27 heavy (non-hydrogen) atoms. The Labute approximate surface area is 165 Å². The number of carboxylic acid groups (broad SMARTS) is 1. The van der Waals surface area contributed by atoms with Gasteiger partial charge in [-0.15, -0.1) is 0 Å². The van der Waals surface area contributed by atoms with Crippen molar-refractivity contribution in [2.24, 2.45) is 17.2 Å². The van der Waals surface area contributed by atoms with E-state index in [1.807, 2.05) is 6.26 Å². The molecule has 0 aliphatic rings. The predicted molar refractivity (Wildman–Crippen MR) is 108 cm³/mol. The van der Waals surface area contributed by atoms with Crippen molar-refractivity contribution in [3.05, 3.63) is 0 Å². The molecule has 0 aromatic carbocycles. The molecular weight excluding hydrogens is 370 g/mol. The van der Waals surface area contributed by atoms with Crippen molar-refractivity contribution in [1.82, 2.24) is 10.6 Å². The molecule has 9 N–H and O–H groups in total. The van der Waals surface area contributed by atoms with Crippen molar-refractivity contribution in [2.45, 2.75) is 63.1 Å². The van der Waals surface area contributed by atoms with Crippen LogP contribution in [0.4, 0.5) is 0 Å². The summed E-state index contributed by atoms with van der Waals surface area (Å²) >= 11 is 1.54. The third-order valence-electron chi connectivity index (χ3n) is 4.11. The van der Waals surface area contributed by atoms with Crippen LogP contribution in [0.1, 0.15) is 44.9 Å². The second-order valence-electron chi connectivity index (χ2n) is 6.42. The van der Waals surface area contributed by atoms with Crippen LogP contribution in [0.5, 0.6) is 0 Å². The van der Waals surface area contributed by atoms with Crippen LogP contribution >= 0.6 is 11.8 Å². The summed E-state index contributed by atoms with van der Waals surface area (Å²) in [6.45, 7) is 1.00. The maximum absolute atomic E-state index is 12.5. The summed E-state index contributed by atoms with van der Waals surface area (Å²) in [6.07, 6.45) is 5.85. The summed E-state index contributed by atoms with van der Waals surface area (Å²) in [7, 11) is 0. The topological polar surface area (TPSA) is 174 Å². The van der Waals surface area contributed by atoms with Crippen LogP contribution in [0, 0.1) is 0 Å². The molecule has 158 valence electrons. The smallest absolute Gasteiger partial charge is 0.326 e. The normalized spacial score (nSPS) is 14.2. The van der Waals surface area contributed by atoms with E-state index in [0.717, 1.165) is 12.8 Å². The number of carbonyl (C=O) groups is 3. The summed E-state index contributed by atoms with van der Waals surface area (Å²) in [5.74, 6) is -1.38. The first-order valence-corrected chi connectivity index (χ1v) is 10.7. The molecule has 0 aromatic rings. The molecule has 0 fully saturated rings. The molecule has 0 aliphatic carbocycles. The first kappa shape index (κ1) is 25.6. The molecule has 0 radical (unpaired) electrons. The lowest BCUT2D eigenvalue weighted by molar-refractivity contribution is -0.142. The second-order valence-corrected chi connectivity index (χ2v) is 7.40. The lowest BCUT2D eigenvalue weighted by Crippen LogP contribution is -2.54. The molecule has 0 spiro atoms. The standard InChI is InChI=1S/C17H35N5O4S/c1-27-11-8-13(21-15(23)12(20)6-2-4-9-18)16(24)22-14(17(25)26)7-3-5-10-19/h12-14H,2-11,18-20H2,1H3,(H,21,23)(H,22,24)(H,25,26)/t12-,13-,14-/m0/s1. The van der Waals surface area contributed by atoms with Crippen molar-refractivity contribution >= 4 is 29.5 Å². The quantitative estimate of drug-likeness (QED) is 0.184. The van der Waals surface area contributed by atoms with Gasteiger partial charge in [0.1, 0.15) is 12.1 Å². The zero-order valence-electron chi connectivity index (χ0n) is 16.1. The SMILES string of the molecule is CSCC[C@H](NC(=O)[C@@H](N)CCCCN)C(=O)N[C@@H](CCCCN)C(=O)O. The van der Waals surface area contributed by atoms with Crippen LogP contribution in [0.15, 0.2) is 0 Å². The van der Waals surface area contributed by atoms with E-state index in [0.29, 0.717) is 50.9 Å². The van der Waals surface area contributed by atoms with Crippen molar-refractivity contribution in [3.8, 4) is 0 Å². The van der Waals surface area contributed by atoms with Crippen LogP contribution in [0.3, 0.4) is 0 Å². The maximum atomic E-state index is 12.5. The first-order chi connectivity index (χ1) is 12.9. The Bertz CT molecular complexity index is 453. The van der Waals surface area contributed by atoms with Crippen molar-refractivity contribution < 1.29 is 19.5 Å². The Hall–Kier alpha value is -1.36. The average molecular weight is 406 g/mol. The molecule has 0 unspecified atom stereocenters. The van der Waals surface area contributed by atoms with Crippen LogP contribution < -0.4 is 27.8 Å². The lowest BCUT2D eigenvalue weighted by atomic mass is 10.1. The molecule has 0 aliphatic heterocycles. The van der Waals surface area contributed by atoms with Crippen LogP contribution in [-0.2, 0) is 14.4 Å². The number of carbonyl (C=O) groups excluding carboxylic acids is 2. The van der Waals surface area contributed by atoms with Crippen molar-refractivity contribution in [1.29, 1.82) is 0 Å². The van der Waals surface area contributed by atoms with E-state index in [1.54, 1.807) is 0 Å². The summed E-state index contributed by atoms with van der Waals surface area (Å²) in [5.41, 5.74) is 16.7. The highest BCUT2D eigenvalue weighted by atomic mass is 32.2. The highest BCUT2D eigenvalue weighted by Crippen LogP contribution is 2.06. The van der Waals surface area contributed by atoms with E-state index >= 15 is 0 Å². The van der Waals surface area contributed by atoms with Gasteiger partial charge in [0.15, 0.2) is 0 Å². The van der Waals surface area contributed by atoms with Gasteiger partial charge in [-0.2, -0.15) is 11.8 Å². The molecule has 0 heterocycles. The van der Waals surface area contributed by atoms with Crippen LogP contribution in [-0.4, -0.2) is 66.1 Å². The van der Waals surface area contributed by atoms with E-state index in [2.05, 4.69) is 10.6 Å². The molecule has 0 saturated heterocycles. The average Bonchev–Trinajstić information content (AvgIpc) is 2.63. The summed E-state index contributed by atoms with van der Waals surface area (Å²) in [6, 6.07) is -2.54. The number of unbranched alkanes of at least 4 members (excludes halogenated alkanes) is 2. The Morgan fingerprint density at radius 1 is 0.889 bits per heavy atom. The van der Waals surface area contributed by atoms with Crippen molar-refractivity contribution in [3.63, 3.8) is 0 Å². The summed E-state index contributed by atoms with van der Waals surface area (Å²) in [4.78, 5) is 36.2. The van der Waals surface area contributed by atoms with Gasteiger partial charge >= 0.3 is 5.97 Å². The number of thioether (sulfide) groups is 1. The molecule has 0 aromatic heterocycles. The van der Waals surface area contributed by atoms with Gasteiger partial charge in [-0.05, 0) is 63.6 Å². The zero-order chi connectivity index (χ0) is 20.7. The van der Waals surface area contributed by atoms with Gasteiger partial charge in [0.25, 0.3) is 0 Å². The number of hydrogen-bond donors (Lipinski definition) is 6. The zero-order valence-corrected chi connectivity index (χ0v) is 16.9. The lowest BCUT2D eigenvalue weighted by Gasteiger charge is -2.23. The van der Waals surface area contributed by atoms with Gasteiger partial charge in [0.2, 0.25) is 11.8 Å². The molecule has 10 heteroatoms. The Balaban J connectivity index is 4.80. The largest absolute Gasteiger partial charge is 0.480 e. The van der Waals surface area contributed by atoms with E-state index in [4.69, 9.17) is 17.2 Å². The van der Waals surface area contributed by atoms with E-state index in [9.17, 15) is 19.5 Å². The second kappa shape index (κ2) is 15.7. The number of nitrogens with two attached hydrogens (primary N) is 3. The Kier molecular flexibility index (Phi) is 14.9. The Morgan fingerprint density at radius 2 is 1.44 bits per heavy atom. The number of aliphatic carboxylic acids is 1. The highest BCUT2D eigenvalue weighted by molar-refractivity contribution is 7.98. The summed E-state index contributed by atoms with van der Waals surface area (Å²) in [5, 5.41) is 14.5. The fourth-order valence-electron chi connectivity index (χ4n) is 2.45. The van der Waals surface area contributed by atoms with Crippen molar-refractivity contribution in [2.75, 3.05) is 25.1 Å². The number of amides is 2. The third kappa shape index (κ3) is 11.9. The minimum Gasteiger partial charge on any atom is -0.480 e. The maximum Gasteiger partial charge on any atom is 0.326 e. The molecule has 0 saturated carbocycles. The fourth-order valence-corrected chi connectivity index (χ4v) is 2.92. The third-order valence-corrected chi connectivity index (χ3v) is 4.76. The summed E-state index contributed by atoms with van der Waals surface area (Å²) < 4.78 is 0. The minimum atomic E-state index is -1.10. The van der Waals surface area contributed by atoms with E-state index in [1.165, 1.54) is 11.8 Å². The number of carboxylic acids is 1. The highest BCUT2D eigenvalue weighted by Gasteiger charge is 2.27. The molecular formula is C17H35N5O4S. The van der Waals surface area contributed by atoms with Gasteiger partial charge in [-0.3, -0.25) is 9.59 Å². The number of nitrogens with one attached hydrogen (secondary N) is 2. The monoisotopic (exact) mass is 405 g/mol. The van der Waals surface area contributed by atoms with Gasteiger partial charge in [0.05, 0.1) is 6.04 Å². The first-order valence-electron chi connectivity index (χ1n) is 9.35. The Morgan fingerprint density at radius 3 is 1.96 bits per heavy atom. The molecule has 2 amide bonds.